The van der Waals surface area contributed by atoms with Gasteiger partial charge < -0.3 is 10.2 Å². The third kappa shape index (κ3) is 1.99. The fraction of sp³-hybridized carbons (Fsp3) is 1.00. The molecule has 2 heteroatoms. The van der Waals surface area contributed by atoms with Crippen molar-refractivity contribution in [3.63, 3.8) is 0 Å². The first kappa shape index (κ1) is 15.4. The van der Waals surface area contributed by atoms with Gasteiger partial charge >= 0.3 is 0 Å². The van der Waals surface area contributed by atoms with E-state index in [0.717, 1.165) is 42.9 Å². The molecule has 0 radical (unpaired) electrons. The number of rotatable bonds is 0. The van der Waals surface area contributed by atoms with Crippen molar-refractivity contribution in [1.82, 2.24) is 0 Å². The minimum Gasteiger partial charge on any atom is -0.443 e. The van der Waals surface area contributed by atoms with Crippen LogP contribution in [0.1, 0.15) is 78.6 Å². The van der Waals surface area contributed by atoms with Crippen LogP contribution in [0.2, 0.25) is 0 Å². The van der Waals surface area contributed by atoms with Crippen LogP contribution in [0, 0.1) is 34.5 Å². The monoisotopic (exact) mass is 307 g/mol. The molecule has 22 heavy (non-hydrogen) atoms. The zero-order chi connectivity index (χ0) is 15.8. The van der Waals surface area contributed by atoms with E-state index in [1.165, 1.54) is 38.5 Å². The minimum absolute atomic E-state index is 0.191. The van der Waals surface area contributed by atoms with Crippen LogP contribution in [0.15, 0.2) is 0 Å². The molecule has 0 aromatic rings. The van der Waals surface area contributed by atoms with Gasteiger partial charge in [0, 0.05) is 11.8 Å². The topological polar surface area (TPSA) is 43.1 Å². The van der Waals surface area contributed by atoms with Crippen LogP contribution in [0.3, 0.4) is 0 Å². The zero-order valence-corrected chi connectivity index (χ0v) is 14.7. The molecule has 126 valence electrons. The highest BCUT2D eigenvalue weighted by Crippen LogP contribution is 2.66. The van der Waals surface area contributed by atoms with Crippen molar-refractivity contribution in [2.24, 2.45) is 34.5 Å². The highest BCUT2D eigenvalue weighted by atomic mass is 16.3. The molecule has 0 aliphatic heterocycles. The Labute approximate surface area is 135 Å². The molecule has 0 amide bonds. The van der Waals surface area contributed by atoms with Gasteiger partial charge in [-0.15, -0.1) is 0 Å². The second-order valence-electron chi connectivity index (χ2n) is 10.0. The number of hydrogen-bond donors (Lipinski definition) is 1. The van der Waals surface area contributed by atoms with E-state index in [1.54, 1.807) is 0 Å². The average molecular weight is 307 g/mol. The minimum atomic E-state index is -0.417. The summed E-state index contributed by atoms with van der Waals surface area (Å²) in [6.07, 6.45) is 11.2. The molecule has 0 bridgehead atoms. The Bertz CT molecular complexity index is 459. The van der Waals surface area contributed by atoms with Crippen molar-refractivity contribution in [3.8, 4) is 0 Å². The van der Waals surface area contributed by atoms with E-state index in [2.05, 4.69) is 20.8 Å². The quantitative estimate of drug-likeness (QED) is 0.678. The standard InChI is InChI=1S/C20H34O2/c1-18(22)10-11-19(2)13(12-18)4-5-14-15-6-7-17(21)20(15,3)9-8-16(14)19/h13-17,21-22H,4-12H2,1-3H3/p+1/t13-,14-,15-,16-,17-,18-,19-,20-/m0/s1. The lowest BCUT2D eigenvalue weighted by Gasteiger charge is -2.61. The lowest BCUT2D eigenvalue weighted by atomic mass is 9.44. The summed E-state index contributed by atoms with van der Waals surface area (Å²) in [7, 11) is 0. The molecule has 4 saturated carbocycles. The zero-order valence-electron chi connectivity index (χ0n) is 14.7. The van der Waals surface area contributed by atoms with Crippen LogP contribution in [0.25, 0.3) is 0 Å². The van der Waals surface area contributed by atoms with Crippen LogP contribution in [0.4, 0.5) is 0 Å². The molecule has 3 N–H and O–H groups in total. The van der Waals surface area contributed by atoms with Crippen LogP contribution in [-0.2, 0) is 0 Å². The van der Waals surface area contributed by atoms with Gasteiger partial charge in [-0.05, 0) is 87.4 Å². The Morgan fingerprint density at radius 2 is 1.55 bits per heavy atom. The van der Waals surface area contributed by atoms with Gasteiger partial charge in [0.15, 0.2) is 6.10 Å². The number of fused-ring (bicyclic) bond motifs is 5. The second kappa shape index (κ2) is 4.72. The van der Waals surface area contributed by atoms with Crippen LogP contribution in [-0.4, -0.2) is 21.9 Å². The molecule has 0 spiro atoms. The molecule has 0 heterocycles. The molecule has 4 aliphatic rings. The molecule has 4 fully saturated rings. The smallest absolute Gasteiger partial charge is 0.159 e. The molecule has 2 nitrogen and oxygen atoms in total. The normalized spacial score (nSPS) is 61.2. The Morgan fingerprint density at radius 3 is 2.32 bits per heavy atom. The summed E-state index contributed by atoms with van der Waals surface area (Å²) in [6, 6.07) is 0. The second-order valence-corrected chi connectivity index (χ2v) is 10.0. The van der Waals surface area contributed by atoms with Crippen molar-refractivity contribution in [3.05, 3.63) is 0 Å². The maximum Gasteiger partial charge on any atom is 0.159 e. The van der Waals surface area contributed by atoms with Gasteiger partial charge in [0.2, 0.25) is 0 Å². The number of aliphatic hydroxyl groups is 1. The first-order valence-electron chi connectivity index (χ1n) is 9.70. The Balaban J connectivity index is 1.62. The van der Waals surface area contributed by atoms with Crippen molar-refractivity contribution < 1.29 is 10.2 Å². The summed E-state index contributed by atoms with van der Waals surface area (Å²) < 4.78 is 0. The molecule has 0 aromatic carbocycles. The summed E-state index contributed by atoms with van der Waals surface area (Å²) in [5, 5.41) is 19.0. The van der Waals surface area contributed by atoms with Crippen molar-refractivity contribution in [2.45, 2.75) is 90.3 Å². The molecular weight excluding hydrogens is 272 g/mol. The molecule has 0 saturated heterocycles. The highest BCUT2D eigenvalue weighted by molar-refractivity contribution is 5.10. The summed E-state index contributed by atoms with van der Waals surface area (Å²) in [5.74, 6) is 3.29. The maximum absolute atomic E-state index is 10.5. The van der Waals surface area contributed by atoms with E-state index in [0.29, 0.717) is 10.8 Å². The molecule has 4 aliphatic carbocycles. The first-order valence-corrected chi connectivity index (χ1v) is 9.70. The van der Waals surface area contributed by atoms with Crippen LogP contribution in [0.5, 0.6) is 0 Å². The van der Waals surface area contributed by atoms with E-state index in [9.17, 15) is 5.11 Å². The van der Waals surface area contributed by atoms with Crippen molar-refractivity contribution >= 4 is 0 Å². The van der Waals surface area contributed by atoms with E-state index in [1.807, 2.05) is 0 Å². The van der Waals surface area contributed by atoms with E-state index >= 15 is 0 Å². The third-order valence-corrected chi connectivity index (χ3v) is 8.95. The largest absolute Gasteiger partial charge is 0.443 e. The van der Waals surface area contributed by atoms with Crippen molar-refractivity contribution in [2.75, 3.05) is 0 Å². The Kier molecular flexibility index (Phi) is 3.32. The summed E-state index contributed by atoms with van der Waals surface area (Å²) in [4.78, 5) is 0. The fourth-order valence-electron chi connectivity index (χ4n) is 7.43. The fourth-order valence-corrected chi connectivity index (χ4v) is 7.43. The predicted octanol–water partition coefficient (Wildman–Crippen LogP) is 3.87. The van der Waals surface area contributed by atoms with Gasteiger partial charge in [-0.2, -0.15) is 0 Å². The third-order valence-electron chi connectivity index (χ3n) is 8.95. The SMILES string of the molecule is C[C@]1(O)CC[C@@]2(C)[C@@H](CC[C@@H]3[C@@H]2CC[C@]2(C)[C@@H]([OH2+])CC[C@@H]32)C1. The number of hydrogen-bond acceptors (Lipinski definition) is 1. The summed E-state index contributed by atoms with van der Waals surface area (Å²) >= 11 is 0. The van der Waals surface area contributed by atoms with E-state index < -0.39 is 5.60 Å². The molecular formula is C20H35O2+. The lowest BCUT2D eigenvalue weighted by molar-refractivity contribution is -0.150. The molecule has 8 atom stereocenters. The van der Waals surface area contributed by atoms with Crippen LogP contribution >= 0.6 is 0 Å². The lowest BCUT2D eigenvalue weighted by Crippen LogP contribution is -2.55. The summed E-state index contributed by atoms with van der Waals surface area (Å²) in [5.41, 5.74) is 0.358. The van der Waals surface area contributed by atoms with Crippen LogP contribution < -0.4 is 0 Å². The molecule has 0 aromatic heterocycles. The van der Waals surface area contributed by atoms with Gasteiger partial charge in [-0.1, -0.05) is 13.8 Å². The predicted molar refractivity (Wildman–Crippen MR) is 89.8 cm³/mol. The Hall–Kier alpha value is -0.0800. The van der Waals surface area contributed by atoms with Gasteiger partial charge in [0.05, 0.1) is 5.60 Å². The maximum atomic E-state index is 10.5. The van der Waals surface area contributed by atoms with E-state index in [4.69, 9.17) is 5.11 Å². The first-order chi connectivity index (χ1) is 10.3. The molecule has 4 rings (SSSR count). The van der Waals surface area contributed by atoms with Gasteiger partial charge in [0.1, 0.15) is 0 Å². The van der Waals surface area contributed by atoms with Gasteiger partial charge in [-0.25, -0.2) is 0 Å². The Morgan fingerprint density at radius 1 is 0.818 bits per heavy atom. The summed E-state index contributed by atoms with van der Waals surface area (Å²) in [6.45, 7) is 7.04. The van der Waals surface area contributed by atoms with Crippen molar-refractivity contribution in [1.29, 1.82) is 0 Å². The average Bonchev–Trinajstić information content (AvgIpc) is 2.76. The molecule has 0 unspecified atom stereocenters. The highest BCUT2D eigenvalue weighted by Gasteiger charge is 2.62. The van der Waals surface area contributed by atoms with E-state index in [-0.39, 0.29) is 6.10 Å². The van der Waals surface area contributed by atoms with Gasteiger partial charge in [0.25, 0.3) is 0 Å². The van der Waals surface area contributed by atoms with Gasteiger partial charge in [-0.3, -0.25) is 0 Å².